The number of aromatic nitrogens is 4. The van der Waals surface area contributed by atoms with E-state index in [4.69, 9.17) is 0 Å². The van der Waals surface area contributed by atoms with Crippen molar-refractivity contribution in [3.05, 3.63) is 38.8 Å². The molecule has 0 amide bonds. The maximum Gasteiger partial charge on any atom is 0.325 e. The van der Waals surface area contributed by atoms with Gasteiger partial charge in [0.05, 0.1) is 23.0 Å². The molecule has 3 N–H and O–H groups in total. The van der Waals surface area contributed by atoms with Gasteiger partial charge in [-0.3, -0.25) is 9.78 Å². The van der Waals surface area contributed by atoms with Crippen LogP contribution in [0.25, 0.3) is 11.3 Å². The molecule has 8 nitrogen and oxygen atoms in total. The average Bonchev–Trinajstić information content (AvgIpc) is 2.49. The number of rotatable bonds is 2. The van der Waals surface area contributed by atoms with E-state index in [2.05, 4.69) is 25.1 Å². The normalized spacial score (nSPS) is 16.0. The van der Waals surface area contributed by atoms with Crippen molar-refractivity contribution in [1.82, 2.24) is 20.2 Å². The summed E-state index contributed by atoms with van der Waals surface area (Å²) in [6.07, 6.45) is 2.49. The lowest BCUT2D eigenvalue weighted by atomic mass is 10.1. The number of nitrogens with one attached hydrogen (secondary N) is 2. The van der Waals surface area contributed by atoms with Gasteiger partial charge in [0.15, 0.2) is 0 Å². The van der Waals surface area contributed by atoms with Crippen LogP contribution < -0.4 is 16.1 Å². The van der Waals surface area contributed by atoms with E-state index in [1.54, 1.807) is 6.07 Å². The standard InChI is InChI=1S/C14H17N5O3/c1-8-12(19-4-2-9(20)3-5-19)6-11(18-17-8)10-7-15-14(22)16-13(10)21/h6-7,9,20H,2-5H2,1H3,(H2,15,16,21,22). The van der Waals surface area contributed by atoms with Crippen LogP contribution in [0.2, 0.25) is 0 Å². The lowest BCUT2D eigenvalue weighted by Crippen LogP contribution is -2.36. The number of nitrogens with zero attached hydrogens (tertiary/aromatic N) is 3. The van der Waals surface area contributed by atoms with Gasteiger partial charge in [0.25, 0.3) is 5.56 Å². The molecule has 0 aromatic carbocycles. The molecular formula is C14H17N5O3. The van der Waals surface area contributed by atoms with Crippen LogP contribution >= 0.6 is 0 Å². The number of aliphatic hydroxyl groups is 1. The second-order valence-electron chi connectivity index (χ2n) is 5.40. The summed E-state index contributed by atoms with van der Waals surface area (Å²) in [5.41, 5.74) is 1.28. The molecule has 1 aliphatic heterocycles. The van der Waals surface area contributed by atoms with Crippen LogP contribution in [-0.2, 0) is 0 Å². The Morgan fingerprint density at radius 1 is 1.27 bits per heavy atom. The third kappa shape index (κ3) is 2.77. The molecule has 116 valence electrons. The molecule has 0 radical (unpaired) electrons. The van der Waals surface area contributed by atoms with E-state index in [1.807, 2.05) is 6.92 Å². The maximum atomic E-state index is 11.9. The molecule has 0 unspecified atom stereocenters. The smallest absolute Gasteiger partial charge is 0.325 e. The molecule has 1 fully saturated rings. The molecule has 2 aromatic heterocycles. The monoisotopic (exact) mass is 303 g/mol. The molecule has 1 aliphatic rings. The average molecular weight is 303 g/mol. The number of piperidine rings is 1. The summed E-state index contributed by atoms with van der Waals surface area (Å²) in [5, 5.41) is 17.8. The molecule has 8 heteroatoms. The minimum atomic E-state index is -0.556. The van der Waals surface area contributed by atoms with E-state index in [0.29, 0.717) is 18.5 Å². The predicted octanol–water partition coefficient (Wildman–Crippen LogP) is -0.210. The highest BCUT2D eigenvalue weighted by atomic mass is 16.3. The third-order valence-corrected chi connectivity index (χ3v) is 3.85. The van der Waals surface area contributed by atoms with Crippen molar-refractivity contribution in [2.75, 3.05) is 18.0 Å². The Bertz CT molecular complexity index is 790. The third-order valence-electron chi connectivity index (χ3n) is 3.85. The highest BCUT2D eigenvalue weighted by Gasteiger charge is 2.20. The van der Waals surface area contributed by atoms with Crippen LogP contribution in [0.4, 0.5) is 5.69 Å². The summed E-state index contributed by atoms with van der Waals surface area (Å²) in [6, 6.07) is 1.79. The van der Waals surface area contributed by atoms with Crippen molar-refractivity contribution in [3.8, 4) is 11.3 Å². The van der Waals surface area contributed by atoms with Crippen LogP contribution in [0.1, 0.15) is 18.5 Å². The van der Waals surface area contributed by atoms with Gasteiger partial charge in [-0.2, -0.15) is 5.10 Å². The van der Waals surface area contributed by atoms with Crippen LogP contribution in [0, 0.1) is 6.92 Å². The highest BCUT2D eigenvalue weighted by molar-refractivity contribution is 5.64. The molecule has 0 spiro atoms. The SMILES string of the molecule is Cc1nnc(-c2c[nH]c(=O)[nH]c2=O)cc1N1CCC(O)CC1. The Morgan fingerprint density at radius 3 is 2.68 bits per heavy atom. The molecule has 0 bridgehead atoms. The number of aliphatic hydroxyl groups excluding tert-OH is 1. The zero-order chi connectivity index (χ0) is 15.7. The molecule has 1 saturated heterocycles. The number of H-pyrrole nitrogens is 2. The summed E-state index contributed by atoms with van der Waals surface area (Å²) in [4.78, 5) is 29.7. The summed E-state index contributed by atoms with van der Waals surface area (Å²) in [5.74, 6) is 0. The van der Waals surface area contributed by atoms with Gasteiger partial charge in [0.1, 0.15) is 5.69 Å². The Hall–Kier alpha value is -2.48. The van der Waals surface area contributed by atoms with Crippen LogP contribution in [0.15, 0.2) is 21.9 Å². The van der Waals surface area contributed by atoms with Crippen LogP contribution in [-0.4, -0.2) is 44.5 Å². The van der Waals surface area contributed by atoms with E-state index >= 15 is 0 Å². The minimum absolute atomic E-state index is 0.257. The topological polar surface area (TPSA) is 115 Å². The van der Waals surface area contributed by atoms with Crippen molar-refractivity contribution in [3.63, 3.8) is 0 Å². The summed E-state index contributed by atoms with van der Waals surface area (Å²) < 4.78 is 0. The lowest BCUT2D eigenvalue weighted by molar-refractivity contribution is 0.145. The van der Waals surface area contributed by atoms with E-state index in [-0.39, 0.29) is 11.7 Å². The Balaban J connectivity index is 1.99. The first-order valence-electron chi connectivity index (χ1n) is 7.14. The predicted molar refractivity (Wildman–Crippen MR) is 80.9 cm³/mol. The molecule has 3 rings (SSSR count). The van der Waals surface area contributed by atoms with Gasteiger partial charge in [-0.05, 0) is 25.8 Å². The van der Waals surface area contributed by atoms with E-state index < -0.39 is 11.2 Å². The molecule has 22 heavy (non-hydrogen) atoms. The Morgan fingerprint density at radius 2 is 2.00 bits per heavy atom. The maximum absolute atomic E-state index is 11.9. The number of anilines is 1. The van der Waals surface area contributed by atoms with Gasteiger partial charge < -0.3 is 15.0 Å². The number of hydrogen-bond acceptors (Lipinski definition) is 6. The summed E-state index contributed by atoms with van der Waals surface area (Å²) >= 11 is 0. The van der Waals surface area contributed by atoms with Gasteiger partial charge in [0, 0.05) is 19.3 Å². The highest BCUT2D eigenvalue weighted by Crippen LogP contribution is 2.25. The summed E-state index contributed by atoms with van der Waals surface area (Å²) in [6.45, 7) is 3.32. The largest absolute Gasteiger partial charge is 0.393 e. The van der Waals surface area contributed by atoms with Crippen molar-refractivity contribution in [1.29, 1.82) is 0 Å². The van der Waals surface area contributed by atoms with Gasteiger partial charge >= 0.3 is 5.69 Å². The molecule has 2 aromatic rings. The van der Waals surface area contributed by atoms with Crippen LogP contribution in [0.3, 0.4) is 0 Å². The number of aryl methyl sites for hydroxylation is 1. The fourth-order valence-corrected chi connectivity index (χ4v) is 2.60. The van der Waals surface area contributed by atoms with Gasteiger partial charge in [-0.15, -0.1) is 5.10 Å². The second kappa shape index (κ2) is 5.72. The molecule has 0 atom stereocenters. The fourth-order valence-electron chi connectivity index (χ4n) is 2.60. The quantitative estimate of drug-likeness (QED) is 0.707. The lowest BCUT2D eigenvalue weighted by Gasteiger charge is -2.32. The van der Waals surface area contributed by atoms with E-state index in [1.165, 1.54) is 6.20 Å². The van der Waals surface area contributed by atoms with Crippen molar-refractivity contribution in [2.45, 2.75) is 25.9 Å². The van der Waals surface area contributed by atoms with Gasteiger partial charge in [-0.25, -0.2) is 4.79 Å². The van der Waals surface area contributed by atoms with E-state index in [9.17, 15) is 14.7 Å². The zero-order valence-corrected chi connectivity index (χ0v) is 12.2. The first-order valence-corrected chi connectivity index (χ1v) is 7.14. The van der Waals surface area contributed by atoms with Crippen molar-refractivity contribution < 1.29 is 5.11 Å². The molecule has 0 aliphatic carbocycles. The van der Waals surface area contributed by atoms with E-state index in [0.717, 1.165) is 24.5 Å². The number of hydrogen-bond donors (Lipinski definition) is 3. The first-order chi connectivity index (χ1) is 10.5. The first kappa shape index (κ1) is 14.5. The zero-order valence-electron chi connectivity index (χ0n) is 12.2. The second-order valence-corrected chi connectivity index (χ2v) is 5.40. The molecule has 3 heterocycles. The molecular weight excluding hydrogens is 286 g/mol. The molecule has 0 saturated carbocycles. The van der Waals surface area contributed by atoms with Crippen molar-refractivity contribution in [2.24, 2.45) is 0 Å². The van der Waals surface area contributed by atoms with Crippen molar-refractivity contribution >= 4 is 5.69 Å². The number of aromatic amines is 2. The van der Waals surface area contributed by atoms with Crippen LogP contribution in [0.5, 0.6) is 0 Å². The summed E-state index contributed by atoms with van der Waals surface area (Å²) in [7, 11) is 0. The minimum Gasteiger partial charge on any atom is -0.393 e. The Labute approximate surface area is 125 Å². The Kier molecular flexibility index (Phi) is 3.76. The fraction of sp³-hybridized carbons (Fsp3) is 0.429. The van der Waals surface area contributed by atoms with Gasteiger partial charge in [0.2, 0.25) is 0 Å². The van der Waals surface area contributed by atoms with Gasteiger partial charge in [-0.1, -0.05) is 0 Å².